The highest BCUT2D eigenvalue weighted by atomic mass is 19.4. The van der Waals surface area contributed by atoms with Crippen LogP contribution in [0, 0.1) is 0 Å². The van der Waals surface area contributed by atoms with E-state index in [1.165, 1.54) is 0 Å². The van der Waals surface area contributed by atoms with Crippen LogP contribution in [0.15, 0.2) is 0 Å². The molecule has 0 radical (unpaired) electrons. The topological polar surface area (TPSA) is 63.1 Å². The second kappa shape index (κ2) is 5.28. The smallest absolute Gasteiger partial charge is 0.333 e. The van der Waals surface area contributed by atoms with Crippen LogP contribution in [0.5, 0.6) is 0 Å². The summed E-state index contributed by atoms with van der Waals surface area (Å²) in [4.78, 5) is 13.6. The standard InChI is InChI=1S/C12H16F3N5O/c13-12(14,15)11-18-17-9-7-19(5-6-20(9)11)10(21)3-4-16-8-1-2-8/h8,16H,1-7H2. The van der Waals surface area contributed by atoms with Crippen molar-refractivity contribution < 1.29 is 18.0 Å². The first kappa shape index (κ1) is 14.3. The number of carbonyl (C=O) groups excluding carboxylic acids is 1. The van der Waals surface area contributed by atoms with Crippen LogP contribution >= 0.6 is 0 Å². The molecule has 0 spiro atoms. The number of amides is 1. The van der Waals surface area contributed by atoms with Gasteiger partial charge in [-0.15, -0.1) is 10.2 Å². The third kappa shape index (κ3) is 3.17. The second-order valence-electron chi connectivity index (χ2n) is 5.38. The molecule has 9 heteroatoms. The zero-order valence-corrected chi connectivity index (χ0v) is 11.4. The Kier molecular flexibility index (Phi) is 3.60. The Morgan fingerprint density at radius 3 is 2.71 bits per heavy atom. The van der Waals surface area contributed by atoms with Crippen LogP contribution in [0.2, 0.25) is 0 Å². The third-order valence-corrected chi connectivity index (χ3v) is 3.71. The fourth-order valence-corrected chi connectivity index (χ4v) is 2.41. The number of hydrogen-bond acceptors (Lipinski definition) is 4. The summed E-state index contributed by atoms with van der Waals surface area (Å²) in [6.07, 6.45) is -1.84. The lowest BCUT2D eigenvalue weighted by Crippen LogP contribution is -2.40. The van der Waals surface area contributed by atoms with Crippen LogP contribution in [-0.4, -0.2) is 44.7 Å². The van der Waals surface area contributed by atoms with Gasteiger partial charge >= 0.3 is 6.18 Å². The van der Waals surface area contributed by atoms with E-state index in [1.807, 2.05) is 0 Å². The molecule has 1 fully saturated rings. The van der Waals surface area contributed by atoms with E-state index in [0.717, 1.165) is 17.4 Å². The minimum atomic E-state index is -4.51. The van der Waals surface area contributed by atoms with Crippen LogP contribution in [0.3, 0.4) is 0 Å². The highest BCUT2D eigenvalue weighted by molar-refractivity contribution is 5.76. The highest BCUT2D eigenvalue weighted by Gasteiger charge is 2.39. The van der Waals surface area contributed by atoms with Crippen LogP contribution in [0.4, 0.5) is 13.2 Å². The van der Waals surface area contributed by atoms with Gasteiger partial charge in [0.1, 0.15) is 0 Å². The number of nitrogens with zero attached hydrogens (tertiary/aromatic N) is 4. The third-order valence-electron chi connectivity index (χ3n) is 3.71. The van der Waals surface area contributed by atoms with Crippen molar-refractivity contribution in [2.24, 2.45) is 0 Å². The molecule has 1 amide bonds. The average molecular weight is 303 g/mol. The molecule has 0 bridgehead atoms. The zero-order valence-electron chi connectivity index (χ0n) is 11.4. The van der Waals surface area contributed by atoms with Crippen molar-refractivity contribution in [3.8, 4) is 0 Å². The van der Waals surface area contributed by atoms with Gasteiger partial charge in [0.25, 0.3) is 0 Å². The fraction of sp³-hybridized carbons (Fsp3) is 0.750. The molecular formula is C12H16F3N5O. The molecule has 0 saturated heterocycles. The van der Waals surface area contributed by atoms with E-state index >= 15 is 0 Å². The molecule has 0 atom stereocenters. The molecule has 6 nitrogen and oxygen atoms in total. The van der Waals surface area contributed by atoms with Crippen molar-refractivity contribution in [1.29, 1.82) is 0 Å². The molecule has 0 aromatic carbocycles. The summed E-state index contributed by atoms with van der Waals surface area (Å²) < 4.78 is 39.2. The van der Waals surface area contributed by atoms with Crippen LogP contribution < -0.4 is 5.32 Å². The summed E-state index contributed by atoms with van der Waals surface area (Å²) >= 11 is 0. The van der Waals surface area contributed by atoms with Gasteiger partial charge in [-0.2, -0.15) is 13.2 Å². The first-order valence-corrected chi connectivity index (χ1v) is 6.95. The maximum Gasteiger partial charge on any atom is 0.451 e. The molecule has 21 heavy (non-hydrogen) atoms. The first-order chi connectivity index (χ1) is 9.95. The number of rotatable bonds is 4. The van der Waals surface area contributed by atoms with Crippen molar-refractivity contribution >= 4 is 5.91 Å². The van der Waals surface area contributed by atoms with Gasteiger partial charge < -0.3 is 14.8 Å². The average Bonchev–Trinajstić information content (AvgIpc) is 3.13. The van der Waals surface area contributed by atoms with Crippen molar-refractivity contribution in [3.63, 3.8) is 0 Å². The number of fused-ring (bicyclic) bond motifs is 1. The van der Waals surface area contributed by atoms with Crippen molar-refractivity contribution in [2.75, 3.05) is 13.1 Å². The lowest BCUT2D eigenvalue weighted by molar-refractivity contribution is -0.148. The summed E-state index contributed by atoms with van der Waals surface area (Å²) in [5.74, 6) is -0.858. The maximum absolute atomic E-state index is 12.7. The van der Waals surface area contributed by atoms with Gasteiger partial charge in [0.15, 0.2) is 5.82 Å². The van der Waals surface area contributed by atoms with E-state index in [2.05, 4.69) is 15.5 Å². The van der Waals surface area contributed by atoms with E-state index in [-0.39, 0.29) is 31.4 Å². The molecule has 1 aliphatic heterocycles. The van der Waals surface area contributed by atoms with Gasteiger partial charge in [-0.3, -0.25) is 4.79 Å². The Balaban J connectivity index is 1.59. The number of alkyl halides is 3. The lowest BCUT2D eigenvalue weighted by Gasteiger charge is -2.28. The SMILES string of the molecule is O=C(CCNC1CC1)N1CCn2c(nnc2C(F)(F)F)C1. The molecular weight excluding hydrogens is 287 g/mol. The van der Waals surface area contributed by atoms with Gasteiger partial charge in [0.05, 0.1) is 6.54 Å². The number of aromatic nitrogens is 3. The molecule has 2 heterocycles. The van der Waals surface area contributed by atoms with Crippen LogP contribution in [0.25, 0.3) is 0 Å². The molecule has 3 rings (SSSR count). The van der Waals surface area contributed by atoms with Gasteiger partial charge in [-0.25, -0.2) is 0 Å². The van der Waals surface area contributed by atoms with E-state index in [1.54, 1.807) is 4.90 Å². The highest BCUT2D eigenvalue weighted by Crippen LogP contribution is 2.29. The Bertz CT molecular complexity index is 537. The molecule has 0 unspecified atom stereocenters. The molecule has 1 aromatic heterocycles. The van der Waals surface area contributed by atoms with E-state index < -0.39 is 12.0 Å². The molecule has 1 N–H and O–H groups in total. The van der Waals surface area contributed by atoms with E-state index in [9.17, 15) is 18.0 Å². The normalized spacial score (nSPS) is 18.7. The summed E-state index contributed by atoms with van der Waals surface area (Å²) in [7, 11) is 0. The Morgan fingerprint density at radius 2 is 2.05 bits per heavy atom. The Labute approximate surface area is 119 Å². The maximum atomic E-state index is 12.7. The molecule has 2 aliphatic rings. The van der Waals surface area contributed by atoms with Crippen molar-refractivity contribution in [3.05, 3.63) is 11.6 Å². The number of halogens is 3. The molecule has 116 valence electrons. The molecule has 1 aromatic rings. The minimum Gasteiger partial charge on any atom is -0.333 e. The number of hydrogen-bond donors (Lipinski definition) is 1. The Hall–Kier alpha value is -1.64. The monoisotopic (exact) mass is 303 g/mol. The fourth-order valence-electron chi connectivity index (χ4n) is 2.41. The van der Waals surface area contributed by atoms with Gasteiger partial charge in [-0.1, -0.05) is 0 Å². The second-order valence-corrected chi connectivity index (χ2v) is 5.38. The van der Waals surface area contributed by atoms with E-state index in [0.29, 0.717) is 19.0 Å². The number of nitrogens with one attached hydrogen (secondary N) is 1. The first-order valence-electron chi connectivity index (χ1n) is 6.95. The van der Waals surface area contributed by atoms with Crippen LogP contribution in [0.1, 0.15) is 30.9 Å². The lowest BCUT2D eigenvalue weighted by atomic mass is 10.3. The zero-order chi connectivity index (χ0) is 15.0. The van der Waals surface area contributed by atoms with Gasteiger partial charge in [0.2, 0.25) is 11.7 Å². The summed E-state index contributed by atoms with van der Waals surface area (Å²) in [6, 6.07) is 0.539. The predicted octanol–water partition coefficient (Wildman–Crippen LogP) is 0.781. The summed E-state index contributed by atoms with van der Waals surface area (Å²) in [5.41, 5.74) is 0. The van der Waals surface area contributed by atoms with E-state index in [4.69, 9.17) is 0 Å². The van der Waals surface area contributed by atoms with Gasteiger partial charge in [0, 0.05) is 32.1 Å². The summed E-state index contributed by atoms with van der Waals surface area (Å²) in [6.45, 7) is 1.04. The van der Waals surface area contributed by atoms with Gasteiger partial charge in [-0.05, 0) is 12.8 Å². The van der Waals surface area contributed by atoms with Crippen molar-refractivity contribution in [1.82, 2.24) is 25.0 Å². The molecule has 1 aliphatic carbocycles. The Morgan fingerprint density at radius 1 is 1.29 bits per heavy atom. The molecule has 1 saturated carbocycles. The van der Waals surface area contributed by atoms with Crippen molar-refractivity contribution in [2.45, 2.75) is 44.6 Å². The minimum absolute atomic E-state index is 0.0639. The quantitative estimate of drug-likeness (QED) is 0.893. The summed E-state index contributed by atoms with van der Waals surface area (Å²) in [5, 5.41) is 9.99. The predicted molar refractivity (Wildman–Crippen MR) is 66.1 cm³/mol. The van der Waals surface area contributed by atoms with Crippen LogP contribution in [-0.2, 0) is 24.1 Å². The number of carbonyl (C=O) groups is 1. The largest absolute Gasteiger partial charge is 0.451 e.